The van der Waals surface area contributed by atoms with Crippen LogP contribution in [0.1, 0.15) is 12.0 Å². The normalized spacial score (nSPS) is 20.1. The molecule has 2 nitrogen and oxygen atoms in total. The molecule has 0 radical (unpaired) electrons. The number of nitrogens with zero attached hydrogens (tertiary/aromatic N) is 1. The first kappa shape index (κ1) is 16.2. The third kappa shape index (κ3) is 5.24. The van der Waals surface area contributed by atoms with Crippen LogP contribution in [0.4, 0.5) is 22.0 Å². The quantitative estimate of drug-likeness (QED) is 0.842. The first-order valence-electron chi connectivity index (χ1n) is 6.77. The molecule has 1 aromatic rings. The van der Waals surface area contributed by atoms with Crippen LogP contribution in [0, 0.1) is 17.6 Å². The van der Waals surface area contributed by atoms with Gasteiger partial charge in [0.15, 0.2) is 0 Å². The summed E-state index contributed by atoms with van der Waals surface area (Å²) in [5.41, 5.74) is 0.222. The molecule has 0 bridgehead atoms. The van der Waals surface area contributed by atoms with Crippen molar-refractivity contribution in [3.8, 4) is 0 Å². The molecule has 0 unspecified atom stereocenters. The summed E-state index contributed by atoms with van der Waals surface area (Å²) in [7, 11) is 0. The van der Waals surface area contributed by atoms with E-state index in [0.717, 1.165) is 18.2 Å². The van der Waals surface area contributed by atoms with Crippen molar-refractivity contribution < 1.29 is 22.0 Å². The Morgan fingerprint density at radius 3 is 2.71 bits per heavy atom. The first-order chi connectivity index (χ1) is 9.83. The fourth-order valence-corrected chi connectivity index (χ4v) is 2.57. The SMILES string of the molecule is Fc1ccc(F)c(CNC[C@H]2CCN(CC(F)(F)F)C2)c1. The van der Waals surface area contributed by atoms with E-state index in [1.54, 1.807) is 0 Å². The van der Waals surface area contributed by atoms with Crippen LogP contribution in [0.25, 0.3) is 0 Å². The molecule has 1 atom stereocenters. The molecule has 0 spiro atoms. The van der Waals surface area contributed by atoms with Gasteiger partial charge < -0.3 is 5.32 Å². The molecule has 2 rings (SSSR count). The van der Waals surface area contributed by atoms with E-state index in [-0.39, 0.29) is 18.0 Å². The fourth-order valence-electron chi connectivity index (χ4n) is 2.57. The molecule has 1 fully saturated rings. The standard InChI is InChI=1S/C14H17F5N2/c15-12-1-2-13(16)11(5-12)7-20-6-10-3-4-21(8-10)9-14(17,18)19/h1-2,5,10,20H,3-4,6-9H2/t10-/m1/s1. The summed E-state index contributed by atoms with van der Waals surface area (Å²) in [5.74, 6) is -0.900. The van der Waals surface area contributed by atoms with Gasteiger partial charge >= 0.3 is 6.18 Å². The number of benzene rings is 1. The van der Waals surface area contributed by atoms with E-state index in [4.69, 9.17) is 0 Å². The third-order valence-corrected chi connectivity index (χ3v) is 3.53. The van der Waals surface area contributed by atoms with E-state index in [1.807, 2.05) is 0 Å². The maximum absolute atomic E-state index is 13.4. The van der Waals surface area contributed by atoms with Crippen molar-refractivity contribution in [2.24, 2.45) is 5.92 Å². The molecule has 118 valence electrons. The van der Waals surface area contributed by atoms with E-state index in [9.17, 15) is 22.0 Å². The van der Waals surface area contributed by atoms with Gasteiger partial charge in [0.25, 0.3) is 0 Å². The van der Waals surface area contributed by atoms with Gasteiger partial charge in [-0.1, -0.05) is 0 Å². The predicted octanol–water partition coefficient (Wildman–Crippen LogP) is 2.94. The summed E-state index contributed by atoms with van der Waals surface area (Å²) >= 11 is 0. The van der Waals surface area contributed by atoms with E-state index < -0.39 is 24.4 Å². The van der Waals surface area contributed by atoms with Gasteiger partial charge in [-0.05, 0) is 43.6 Å². The van der Waals surface area contributed by atoms with E-state index in [1.165, 1.54) is 4.90 Å². The van der Waals surface area contributed by atoms with Gasteiger partial charge in [0.1, 0.15) is 11.6 Å². The Labute approximate surface area is 119 Å². The minimum Gasteiger partial charge on any atom is -0.312 e. The second-order valence-corrected chi connectivity index (χ2v) is 5.37. The predicted molar refractivity (Wildman–Crippen MR) is 68.7 cm³/mol. The smallest absolute Gasteiger partial charge is 0.312 e. The zero-order chi connectivity index (χ0) is 15.5. The highest BCUT2D eigenvalue weighted by molar-refractivity contribution is 5.18. The summed E-state index contributed by atoms with van der Waals surface area (Å²) in [4.78, 5) is 1.37. The molecule has 1 saturated heterocycles. The highest BCUT2D eigenvalue weighted by atomic mass is 19.4. The molecular weight excluding hydrogens is 291 g/mol. The highest BCUT2D eigenvalue weighted by Gasteiger charge is 2.34. The van der Waals surface area contributed by atoms with Gasteiger partial charge in [0.05, 0.1) is 6.54 Å². The number of alkyl halides is 3. The molecule has 1 aliphatic heterocycles. The van der Waals surface area contributed by atoms with Crippen LogP contribution in [0.3, 0.4) is 0 Å². The van der Waals surface area contributed by atoms with Crippen molar-refractivity contribution in [2.75, 3.05) is 26.2 Å². The lowest BCUT2D eigenvalue weighted by Gasteiger charge is -2.18. The van der Waals surface area contributed by atoms with Crippen molar-refractivity contribution in [1.29, 1.82) is 0 Å². The van der Waals surface area contributed by atoms with Gasteiger partial charge in [-0.25, -0.2) is 8.78 Å². The largest absolute Gasteiger partial charge is 0.401 e. The molecule has 1 aromatic carbocycles. The van der Waals surface area contributed by atoms with Crippen LogP contribution in [0.5, 0.6) is 0 Å². The molecule has 0 aliphatic carbocycles. The lowest BCUT2D eigenvalue weighted by atomic mass is 10.1. The van der Waals surface area contributed by atoms with Crippen LogP contribution >= 0.6 is 0 Å². The Morgan fingerprint density at radius 1 is 1.24 bits per heavy atom. The molecule has 1 aliphatic rings. The molecule has 0 aromatic heterocycles. The van der Waals surface area contributed by atoms with E-state index in [2.05, 4.69) is 5.32 Å². The number of hydrogen-bond donors (Lipinski definition) is 1. The number of likely N-dealkylation sites (tertiary alicyclic amines) is 1. The van der Waals surface area contributed by atoms with Gasteiger partial charge in [-0.2, -0.15) is 13.2 Å². The summed E-state index contributed by atoms with van der Waals surface area (Å²) in [6.45, 7) is 0.560. The monoisotopic (exact) mass is 308 g/mol. The lowest BCUT2D eigenvalue weighted by Crippen LogP contribution is -2.33. The van der Waals surface area contributed by atoms with Crippen LogP contribution in [0.2, 0.25) is 0 Å². The minimum atomic E-state index is -4.17. The first-order valence-corrected chi connectivity index (χ1v) is 6.77. The maximum atomic E-state index is 13.4. The summed E-state index contributed by atoms with van der Waals surface area (Å²) in [6.07, 6.45) is -3.50. The lowest BCUT2D eigenvalue weighted by molar-refractivity contribution is -0.143. The second kappa shape index (κ2) is 6.70. The van der Waals surface area contributed by atoms with E-state index in [0.29, 0.717) is 26.1 Å². The Hall–Kier alpha value is -1.21. The Balaban J connectivity index is 1.74. The average molecular weight is 308 g/mol. The summed E-state index contributed by atoms with van der Waals surface area (Å²) in [5, 5.41) is 2.98. The molecule has 1 heterocycles. The van der Waals surface area contributed by atoms with Crippen molar-refractivity contribution in [3.05, 3.63) is 35.4 Å². The zero-order valence-electron chi connectivity index (χ0n) is 11.4. The molecule has 1 N–H and O–H groups in total. The van der Waals surface area contributed by atoms with Crippen LogP contribution in [-0.4, -0.2) is 37.3 Å². The van der Waals surface area contributed by atoms with Crippen LogP contribution in [0.15, 0.2) is 18.2 Å². The number of rotatable bonds is 5. The molecule has 21 heavy (non-hydrogen) atoms. The van der Waals surface area contributed by atoms with Crippen LogP contribution < -0.4 is 5.32 Å². The van der Waals surface area contributed by atoms with Gasteiger partial charge in [-0.3, -0.25) is 4.90 Å². The highest BCUT2D eigenvalue weighted by Crippen LogP contribution is 2.22. The number of hydrogen-bond acceptors (Lipinski definition) is 2. The van der Waals surface area contributed by atoms with Crippen molar-refractivity contribution in [1.82, 2.24) is 10.2 Å². The van der Waals surface area contributed by atoms with Crippen molar-refractivity contribution >= 4 is 0 Å². The second-order valence-electron chi connectivity index (χ2n) is 5.37. The Morgan fingerprint density at radius 2 is 2.00 bits per heavy atom. The molecule has 0 saturated carbocycles. The summed E-state index contributed by atoms with van der Waals surface area (Å²) < 4.78 is 63.1. The Kier molecular flexibility index (Phi) is 5.16. The molecule has 0 amide bonds. The number of nitrogens with one attached hydrogen (secondary N) is 1. The van der Waals surface area contributed by atoms with Gasteiger partial charge in [0.2, 0.25) is 0 Å². The Bertz CT molecular complexity index is 475. The van der Waals surface area contributed by atoms with E-state index >= 15 is 0 Å². The zero-order valence-corrected chi connectivity index (χ0v) is 11.4. The van der Waals surface area contributed by atoms with Crippen molar-refractivity contribution in [2.45, 2.75) is 19.1 Å². The maximum Gasteiger partial charge on any atom is 0.401 e. The fraction of sp³-hybridized carbons (Fsp3) is 0.571. The number of halogens is 5. The minimum absolute atomic E-state index is 0.101. The molecule has 7 heteroatoms. The van der Waals surface area contributed by atoms with Crippen LogP contribution in [-0.2, 0) is 6.54 Å². The average Bonchev–Trinajstić information content (AvgIpc) is 2.79. The van der Waals surface area contributed by atoms with Gasteiger partial charge in [0, 0.05) is 18.7 Å². The third-order valence-electron chi connectivity index (χ3n) is 3.53. The van der Waals surface area contributed by atoms with Crippen molar-refractivity contribution in [3.63, 3.8) is 0 Å². The summed E-state index contributed by atoms with van der Waals surface area (Å²) in [6, 6.07) is 3.23. The van der Waals surface area contributed by atoms with Gasteiger partial charge in [-0.15, -0.1) is 0 Å². The molecular formula is C14H17F5N2. The topological polar surface area (TPSA) is 15.3 Å².